The molecule has 0 aromatic heterocycles. The third-order valence-corrected chi connectivity index (χ3v) is 5.55. The van der Waals surface area contributed by atoms with Gasteiger partial charge in [-0.1, -0.05) is 0 Å². The van der Waals surface area contributed by atoms with Gasteiger partial charge in [-0.2, -0.15) is 0 Å². The molecule has 1 N–H and O–H groups in total. The molecule has 2 atom stereocenters. The van der Waals surface area contributed by atoms with Gasteiger partial charge >= 0.3 is 0 Å². The number of hydrogen-bond donors (Lipinski definition) is 1. The number of benzene rings is 1. The normalized spacial score (nSPS) is 27.7. The summed E-state index contributed by atoms with van der Waals surface area (Å²) in [6.45, 7) is 1.64. The average Bonchev–Trinajstić information content (AvgIpc) is 3.15. The SMILES string of the molecule is Brc1ccc(Br)c(NC(C2CO2)C2CO2)c1Br. The lowest BCUT2D eigenvalue weighted by atomic mass is 10.1. The molecule has 0 bridgehead atoms. The van der Waals surface area contributed by atoms with Crippen molar-refractivity contribution < 1.29 is 9.47 Å². The molecule has 1 aromatic rings. The highest BCUT2D eigenvalue weighted by molar-refractivity contribution is 9.13. The van der Waals surface area contributed by atoms with Crippen molar-refractivity contribution in [3.63, 3.8) is 0 Å². The van der Waals surface area contributed by atoms with Crippen LogP contribution in [0.1, 0.15) is 0 Å². The van der Waals surface area contributed by atoms with E-state index in [0.29, 0.717) is 0 Å². The monoisotopic (exact) mass is 425 g/mol. The molecule has 2 fully saturated rings. The number of hydrogen-bond acceptors (Lipinski definition) is 3. The fraction of sp³-hybridized carbons (Fsp3) is 0.455. The Morgan fingerprint density at radius 1 is 1.06 bits per heavy atom. The van der Waals surface area contributed by atoms with Crippen molar-refractivity contribution in [3.8, 4) is 0 Å². The van der Waals surface area contributed by atoms with Gasteiger partial charge in [0.05, 0.1) is 29.4 Å². The Labute approximate surface area is 125 Å². The van der Waals surface area contributed by atoms with Crippen LogP contribution in [0, 0.1) is 0 Å². The Morgan fingerprint density at radius 2 is 1.59 bits per heavy atom. The summed E-state index contributed by atoms with van der Waals surface area (Å²) in [6, 6.07) is 4.24. The van der Waals surface area contributed by atoms with E-state index in [1.54, 1.807) is 0 Å². The van der Waals surface area contributed by atoms with Gasteiger partial charge in [-0.25, -0.2) is 0 Å². The van der Waals surface area contributed by atoms with Gasteiger partial charge in [-0.3, -0.25) is 0 Å². The van der Waals surface area contributed by atoms with E-state index in [1.807, 2.05) is 12.1 Å². The number of rotatable bonds is 4. The van der Waals surface area contributed by atoms with E-state index in [-0.39, 0.29) is 18.2 Å². The van der Waals surface area contributed by atoms with Crippen molar-refractivity contribution in [3.05, 3.63) is 25.6 Å². The topological polar surface area (TPSA) is 37.1 Å². The van der Waals surface area contributed by atoms with E-state index in [2.05, 4.69) is 53.1 Å². The molecule has 2 heterocycles. The highest BCUT2D eigenvalue weighted by Gasteiger charge is 2.44. The van der Waals surface area contributed by atoms with E-state index < -0.39 is 0 Å². The van der Waals surface area contributed by atoms with E-state index >= 15 is 0 Å². The van der Waals surface area contributed by atoms with Crippen molar-refractivity contribution in [1.82, 2.24) is 0 Å². The first-order chi connectivity index (χ1) is 8.16. The van der Waals surface area contributed by atoms with Gasteiger partial charge in [0.1, 0.15) is 12.2 Å². The van der Waals surface area contributed by atoms with Crippen molar-refractivity contribution in [2.75, 3.05) is 18.5 Å². The molecular weight excluding hydrogens is 418 g/mol. The lowest BCUT2D eigenvalue weighted by molar-refractivity contribution is 0.324. The molecule has 0 saturated carbocycles. The quantitative estimate of drug-likeness (QED) is 0.589. The molecule has 2 saturated heterocycles. The third-order valence-electron chi connectivity index (χ3n) is 2.87. The minimum Gasteiger partial charge on any atom is -0.375 e. The van der Waals surface area contributed by atoms with Crippen LogP contribution in [0.15, 0.2) is 25.6 Å². The summed E-state index contributed by atoms with van der Waals surface area (Å²) in [6.07, 6.45) is 0.556. The van der Waals surface area contributed by atoms with E-state index in [4.69, 9.17) is 9.47 Å². The van der Waals surface area contributed by atoms with Gasteiger partial charge in [-0.15, -0.1) is 0 Å². The van der Waals surface area contributed by atoms with Crippen LogP contribution < -0.4 is 5.32 Å². The Morgan fingerprint density at radius 3 is 2.12 bits per heavy atom. The number of epoxide rings is 2. The van der Waals surface area contributed by atoms with Crippen molar-refractivity contribution in [2.24, 2.45) is 0 Å². The maximum atomic E-state index is 5.37. The van der Waals surface area contributed by atoms with Gasteiger partial charge < -0.3 is 14.8 Å². The van der Waals surface area contributed by atoms with Gasteiger partial charge in [0.15, 0.2) is 0 Å². The molecule has 0 spiro atoms. The largest absolute Gasteiger partial charge is 0.375 e. The lowest BCUT2D eigenvalue weighted by Gasteiger charge is -2.18. The second kappa shape index (κ2) is 4.81. The molecule has 0 amide bonds. The van der Waals surface area contributed by atoms with E-state index in [9.17, 15) is 0 Å². The summed E-state index contributed by atoms with van der Waals surface area (Å²) in [7, 11) is 0. The van der Waals surface area contributed by atoms with Gasteiger partial charge in [0.2, 0.25) is 0 Å². The fourth-order valence-electron chi connectivity index (χ4n) is 1.78. The Bertz CT molecular complexity index is 435. The summed E-state index contributed by atoms with van der Waals surface area (Å²) >= 11 is 10.6. The van der Waals surface area contributed by atoms with Crippen LogP contribution in [0.4, 0.5) is 5.69 Å². The molecule has 2 unspecified atom stereocenters. The fourth-order valence-corrected chi connectivity index (χ4v) is 3.28. The molecule has 6 heteroatoms. The molecule has 3 nitrogen and oxygen atoms in total. The smallest absolute Gasteiger partial charge is 0.104 e. The molecular formula is C11H10Br3NO2. The first-order valence-corrected chi connectivity index (χ1v) is 7.68. The maximum Gasteiger partial charge on any atom is 0.104 e. The summed E-state index contributed by atoms with van der Waals surface area (Å²) < 4.78 is 13.8. The highest BCUT2D eigenvalue weighted by atomic mass is 79.9. The average molecular weight is 428 g/mol. The van der Waals surface area contributed by atoms with Gasteiger partial charge in [-0.05, 0) is 59.9 Å². The van der Waals surface area contributed by atoms with Crippen LogP contribution in [-0.2, 0) is 9.47 Å². The van der Waals surface area contributed by atoms with Gasteiger partial charge in [0, 0.05) is 8.95 Å². The molecule has 2 aliphatic heterocycles. The van der Waals surface area contributed by atoms with Crippen molar-refractivity contribution >= 4 is 53.5 Å². The molecule has 92 valence electrons. The third kappa shape index (κ3) is 2.71. The predicted molar refractivity (Wildman–Crippen MR) is 76.4 cm³/mol. The predicted octanol–water partition coefficient (Wildman–Crippen LogP) is 3.55. The maximum absolute atomic E-state index is 5.37. The van der Waals surface area contributed by atoms with E-state index in [0.717, 1.165) is 32.3 Å². The molecule has 3 rings (SSSR count). The highest BCUT2D eigenvalue weighted by Crippen LogP contribution is 2.39. The molecule has 1 aromatic carbocycles. The zero-order chi connectivity index (χ0) is 12.0. The van der Waals surface area contributed by atoms with Crippen LogP contribution in [0.5, 0.6) is 0 Å². The van der Waals surface area contributed by atoms with Crippen LogP contribution in [0.3, 0.4) is 0 Å². The Hall–Kier alpha value is 0.380. The van der Waals surface area contributed by atoms with Crippen LogP contribution in [-0.4, -0.2) is 31.5 Å². The minimum absolute atomic E-state index is 0.233. The lowest BCUT2D eigenvalue weighted by Crippen LogP contribution is -2.32. The summed E-state index contributed by atoms with van der Waals surface area (Å²) in [5, 5.41) is 3.51. The second-order valence-electron chi connectivity index (χ2n) is 4.13. The zero-order valence-electron chi connectivity index (χ0n) is 8.75. The summed E-state index contributed by atoms with van der Waals surface area (Å²) in [4.78, 5) is 0. The zero-order valence-corrected chi connectivity index (χ0v) is 13.5. The van der Waals surface area contributed by atoms with Crippen molar-refractivity contribution in [2.45, 2.75) is 18.2 Å². The Kier molecular flexibility index (Phi) is 3.51. The second-order valence-corrected chi connectivity index (χ2v) is 6.63. The van der Waals surface area contributed by atoms with Crippen LogP contribution in [0.25, 0.3) is 0 Å². The minimum atomic E-state index is 0.233. The van der Waals surface area contributed by atoms with Crippen LogP contribution in [0.2, 0.25) is 0 Å². The number of nitrogens with one attached hydrogen (secondary N) is 1. The first-order valence-electron chi connectivity index (χ1n) is 5.30. The molecule has 0 radical (unpaired) electrons. The molecule has 0 aliphatic carbocycles. The van der Waals surface area contributed by atoms with Crippen molar-refractivity contribution in [1.29, 1.82) is 0 Å². The molecule has 17 heavy (non-hydrogen) atoms. The van der Waals surface area contributed by atoms with E-state index in [1.165, 1.54) is 0 Å². The Balaban J connectivity index is 1.85. The van der Waals surface area contributed by atoms with Gasteiger partial charge in [0.25, 0.3) is 0 Å². The number of anilines is 1. The molecule has 2 aliphatic rings. The number of ether oxygens (including phenoxy) is 2. The first kappa shape index (κ1) is 12.4. The standard InChI is InChI=1S/C11H10Br3NO2/c12-5-1-2-6(13)10(9(5)14)15-11(7-3-16-7)8-4-17-8/h1-2,7-8,11,15H,3-4H2. The van der Waals surface area contributed by atoms with Crippen LogP contribution >= 0.6 is 47.8 Å². The summed E-state index contributed by atoms with van der Waals surface area (Å²) in [5.74, 6) is 0. The number of halogens is 3. The summed E-state index contributed by atoms with van der Waals surface area (Å²) in [5.41, 5.74) is 1.04.